The number of aromatic nitrogens is 2. The Bertz CT molecular complexity index is 342. The van der Waals surface area contributed by atoms with Crippen LogP contribution >= 0.6 is 11.5 Å². The molecule has 6 heteroatoms. The molecule has 1 heterocycles. The van der Waals surface area contributed by atoms with Gasteiger partial charge < -0.3 is 10.4 Å². The van der Waals surface area contributed by atoms with Gasteiger partial charge in [0.15, 0.2) is 5.69 Å². The monoisotopic (exact) mass is 241 g/mol. The number of amides is 1. The number of nitrogens with one attached hydrogen (secondary N) is 1. The van der Waals surface area contributed by atoms with Crippen LogP contribution in [-0.2, 0) is 0 Å². The van der Waals surface area contributed by atoms with Crippen molar-refractivity contribution in [1.82, 2.24) is 14.9 Å². The van der Waals surface area contributed by atoms with Crippen LogP contribution in [0.3, 0.4) is 0 Å². The minimum atomic E-state index is -0.275. The van der Waals surface area contributed by atoms with Crippen LogP contribution in [0, 0.1) is 5.92 Å². The van der Waals surface area contributed by atoms with Gasteiger partial charge >= 0.3 is 0 Å². The number of rotatable bonds is 3. The van der Waals surface area contributed by atoms with Crippen LogP contribution in [0.1, 0.15) is 36.2 Å². The molecule has 2 rings (SSSR count). The lowest BCUT2D eigenvalue weighted by molar-refractivity contribution is 0.0661. The largest absolute Gasteiger partial charge is 0.393 e. The van der Waals surface area contributed by atoms with Crippen molar-refractivity contribution in [2.75, 3.05) is 6.54 Å². The fourth-order valence-electron chi connectivity index (χ4n) is 2.00. The minimum Gasteiger partial charge on any atom is -0.393 e. The normalized spacial score (nSPS) is 25.3. The van der Waals surface area contributed by atoms with E-state index in [0.717, 1.165) is 37.2 Å². The molecule has 0 saturated heterocycles. The van der Waals surface area contributed by atoms with Crippen molar-refractivity contribution in [1.29, 1.82) is 0 Å². The average Bonchev–Trinajstić information content (AvgIpc) is 2.81. The molecule has 2 N–H and O–H groups in total. The van der Waals surface area contributed by atoms with Gasteiger partial charge in [-0.05, 0) is 24.4 Å². The molecule has 0 bridgehead atoms. The summed E-state index contributed by atoms with van der Waals surface area (Å²) in [5.74, 6) is -0.0178. The highest BCUT2D eigenvalue weighted by atomic mass is 32.1. The molecule has 88 valence electrons. The molecule has 2 atom stereocenters. The van der Waals surface area contributed by atoms with Crippen molar-refractivity contribution < 1.29 is 9.90 Å². The number of hydrogen-bond donors (Lipinski definition) is 2. The molecule has 1 amide bonds. The number of hydrogen-bond acceptors (Lipinski definition) is 5. The van der Waals surface area contributed by atoms with Gasteiger partial charge in [-0.25, -0.2) is 0 Å². The van der Waals surface area contributed by atoms with E-state index in [1.807, 2.05) is 0 Å². The van der Waals surface area contributed by atoms with Gasteiger partial charge in [0, 0.05) is 17.8 Å². The molecule has 1 aliphatic carbocycles. The molecule has 1 aromatic rings. The lowest BCUT2D eigenvalue weighted by Gasteiger charge is -2.27. The highest BCUT2D eigenvalue weighted by Gasteiger charge is 2.23. The van der Waals surface area contributed by atoms with Crippen molar-refractivity contribution in [3.05, 3.63) is 11.1 Å². The zero-order chi connectivity index (χ0) is 11.4. The molecule has 0 aromatic carbocycles. The molecule has 5 nitrogen and oxygen atoms in total. The quantitative estimate of drug-likeness (QED) is 0.821. The lowest BCUT2D eigenvalue weighted by Crippen LogP contribution is -2.36. The first kappa shape index (κ1) is 11.5. The smallest absolute Gasteiger partial charge is 0.272 e. The lowest BCUT2D eigenvalue weighted by atomic mass is 9.86. The molecule has 1 aromatic heterocycles. The van der Waals surface area contributed by atoms with Crippen molar-refractivity contribution >= 4 is 17.4 Å². The second-order valence-electron chi connectivity index (χ2n) is 4.11. The number of carbonyl (C=O) groups is 1. The van der Waals surface area contributed by atoms with Crippen molar-refractivity contribution in [2.24, 2.45) is 5.92 Å². The van der Waals surface area contributed by atoms with Crippen LogP contribution in [0.25, 0.3) is 0 Å². The Morgan fingerprint density at radius 3 is 3.06 bits per heavy atom. The van der Waals surface area contributed by atoms with Crippen LogP contribution in [-0.4, -0.2) is 33.2 Å². The van der Waals surface area contributed by atoms with Crippen molar-refractivity contribution in [2.45, 2.75) is 31.8 Å². The summed E-state index contributed by atoms with van der Waals surface area (Å²) >= 11 is 1.16. The third-order valence-corrected chi connectivity index (χ3v) is 3.49. The fourth-order valence-corrected chi connectivity index (χ4v) is 2.44. The molecule has 0 spiro atoms. The van der Waals surface area contributed by atoms with Crippen LogP contribution < -0.4 is 5.32 Å². The third kappa shape index (κ3) is 2.76. The molecule has 16 heavy (non-hydrogen) atoms. The Kier molecular flexibility index (Phi) is 3.84. The Hall–Kier alpha value is -1.01. The van der Waals surface area contributed by atoms with E-state index in [9.17, 15) is 9.90 Å². The summed E-state index contributed by atoms with van der Waals surface area (Å²) in [4.78, 5) is 11.6. The van der Waals surface area contributed by atoms with Gasteiger partial charge in [0.1, 0.15) is 0 Å². The summed E-state index contributed by atoms with van der Waals surface area (Å²) in [6, 6.07) is 0. The maximum atomic E-state index is 11.6. The van der Waals surface area contributed by atoms with Gasteiger partial charge in [-0.3, -0.25) is 4.79 Å². The van der Waals surface area contributed by atoms with E-state index in [-0.39, 0.29) is 17.9 Å². The van der Waals surface area contributed by atoms with Crippen LogP contribution in [0.2, 0.25) is 0 Å². The Morgan fingerprint density at radius 2 is 2.38 bits per heavy atom. The number of aliphatic hydroxyl groups excluding tert-OH is 1. The van der Waals surface area contributed by atoms with E-state index in [2.05, 4.69) is 14.9 Å². The summed E-state index contributed by atoms with van der Waals surface area (Å²) in [7, 11) is 0. The fraction of sp³-hybridized carbons (Fsp3) is 0.700. The van der Waals surface area contributed by atoms with E-state index in [4.69, 9.17) is 0 Å². The first-order chi connectivity index (χ1) is 7.77. The second-order valence-corrected chi connectivity index (χ2v) is 4.72. The Morgan fingerprint density at radius 1 is 1.56 bits per heavy atom. The highest BCUT2D eigenvalue weighted by molar-refractivity contribution is 7.03. The Labute approximate surface area is 98.0 Å². The van der Waals surface area contributed by atoms with Crippen molar-refractivity contribution in [3.63, 3.8) is 0 Å². The first-order valence-electron chi connectivity index (χ1n) is 5.50. The summed E-state index contributed by atoms with van der Waals surface area (Å²) in [5.41, 5.74) is 0.357. The van der Waals surface area contributed by atoms with E-state index in [1.54, 1.807) is 5.38 Å². The second kappa shape index (κ2) is 5.36. The minimum absolute atomic E-state index is 0.185. The van der Waals surface area contributed by atoms with E-state index < -0.39 is 0 Å². The van der Waals surface area contributed by atoms with Crippen LogP contribution in [0.5, 0.6) is 0 Å². The SMILES string of the molecule is O=C(NCC1CCCCC1O)c1csnn1. The summed E-state index contributed by atoms with van der Waals surface area (Å²) in [6.07, 6.45) is 3.77. The molecule has 2 unspecified atom stereocenters. The van der Waals surface area contributed by atoms with Gasteiger partial charge in [-0.15, -0.1) is 5.10 Å². The summed E-state index contributed by atoms with van der Waals surface area (Å²) in [6.45, 7) is 0.525. The number of carbonyl (C=O) groups excluding carboxylic acids is 1. The Balaban J connectivity index is 1.80. The predicted molar refractivity (Wildman–Crippen MR) is 60.2 cm³/mol. The molecule has 1 aliphatic rings. The average molecular weight is 241 g/mol. The summed E-state index contributed by atoms with van der Waals surface area (Å²) in [5, 5.41) is 17.8. The zero-order valence-corrected chi connectivity index (χ0v) is 9.74. The van der Waals surface area contributed by atoms with E-state index in [0.29, 0.717) is 12.2 Å². The molecule has 0 radical (unpaired) electrons. The van der Waals surface area contributed by atoms with Crippen LogP contribution in [0.4, 0.5) is 0 Å². The van der Waals surface area contributed by atoms with Gasteiger partial charge in [0.25, 0.3) is 5.91 Å². The topological polar surface area (TPSA) is 75.1 Å². The standard InChI is InChI=1S/C10H15N3O2S/c14-9-4-2-1-3-7(9)5-11-10(15)8-6-16-13-12-8/h6-7,9,14H,1-5H2,(H,11,15). The molecular formula is C10H15N3O2S. The van der Waals surface area contributed by atoms with Crippen LogP contribution in [0.15, 0.2) is 5.38 Å². The van der Waals surface area contributed by atoms with Gasteiger partial charge in [-0.2, -0.15) is 0 Å². The van der Waals surface area contributed by atoms with E-state index in [1.165, 1.54) is 0 Å². The van der Waals surface area contributed by atoms with Gasteiger partial charge in [-0.1, -0.05) is 17.3 Å². The maximum absolute atomic E-state index is 11.6. The van der Waals surface area contributed by atoms with Gasteiger partial charge in [0.2, 0.25) is 0 Å². The maximum Gasteiger partial charge on any atom is 0.272 e. The van der Waals surface area contributed by atoms with E-state index >= 15 is 0 Å². The summed E-state index contributed by atoms with van der Waals surface area (Å²) < 4.78 is 3.63. The molecule has 0 aliphatic heterocycles. The highest BCUT2D eigenvalue weighted by Crippen LogP contribution is 2.23. The van der Waals surface area contributed by atoms with Crippen molar-refractivity contribution in [3.8, 4) is 0 Å². The van der Waals surface area contributed by atoms with Gasteiger partial charge in [0.05, 0.1) is 6.10 Å². The number of aliphatic hydroxyl groups is 1. The first-order valence-corrected chi connectivity index (χ1v) is 6.34. The third-order valence-electron chi connectivity index (χ3n) is 2.99. The molecule has 1 saturated carbocycles. The predicted octanol–water partition coefficient (Wildman–Crippen LogP) is 0.819. The number of nitrogens with zero attached hydrogens (tertiary/aromatic N) is 2. The molecular weight excluding hydrogens is 226 g/mol. The zero-order valence-electron chi connectivity index (χ0n) is 8.93. The molecule has 1 fully saturated rings.